The molecule has 0 amide bonds. The van der Waals surface area contributed by atoms with Crippen molar-refractivity contribution in [3.63, 3.8) is 0 Å². The van der Waals surface area contributed by atoms with Crippen molar-refractivity contribution >= 4 is 15.7 Å². The third kappa shape index (κ3) is 2.13. The van der Waals surface area contributed by atoms with Gasteiger partial charge in [-0.1, -0.05) is 30.3 Å². The lowest BCUT2D eigenvalue weighted by atomic mass is 10.1. The second-order valence-electron chi connectivity index (χ2n) is 5.95. The highest BCUT2D eigenvalue weighted by molar-refractivity contribution is 7.92. The molecule has 6 heteroatoms. The summed E-state index contributed by atoms with van der Waals surface area (Å²) in [4.78, 5) is 0.214. The summed E-state index contributed by atoms with van der Waals surface area (Å²) < 4.78 is 33.8. The van der Waals surface area contributed by atoms with Crippen LogP contribution in [0, 0.1) is 0 Å². The molecule has 1 atom stereocenters. The number of benzene rings is 2. The Balaban J connectivity index is 1.91. The molecule has 0 bridgehead atoms. The van der Waals surface area contributed by atoms with Gasteiger partial charge in [-0.15, -0.1) is 0 Å². The maximum absolute atomic E-state index is 13.2. The molecule has 1 aliphatic heterocycles. The van der Waals surface area contributed by atoms with Crippen LogP contribution in [-0.4, -0.2) is 31.8 Å². The van der Waals surface area contributed by atoms with Crippen LogP contribution in [0.1, 0.15) is 12.8 Å². The molecule has 1 spiro atoms. The fraction of sp³-hybridized carbons (Fsp3) is 0.294. The number of rotatable bonds is 3. The van der Waals surface area contributed by atoms with Gasteiger partial charge in [0.25, 0.3) is 10.0 Å². The van der Waals surface area contributed by atoms with Gasteiger partial charge >= 0.3 is 0 Å². The number of anilines is 1. The maximum atomic E-state index is 13.2. The fourth-order valence-electron chi connectivity index (χ4n) is 3.20. The number of para-hydroxylation sites is 2. The Morgan fingerprint density at radius 2 is 1.74 bits per heavy atom. The van der Waals surface area contributed by atoms with Crippen molar-refractivity contribution < 1.29 is 18.3 Å². The molecule has 0 saturated heterocycles. The SMILES string of the molecule is O=S(=O)(c1ccccc1)N1c2ccccc2OC2(CC2)C1CO. The van der Waals surface area contributed by atoms with E-state index in [1.54, 1.807) is 48.5 Å². The van der Waals surface area contributed by atoms with Gasteiger partial charge in [-0.25, -0.2) is 8.42 Å². The Hall–Kier alpha value is -2.05. The van der Waals surface area contributed by atoms with E-state index in [4.69, 9.17) is 4.74 Å². The summed E-state index contributed by atoms with van der Waals surface area (Å²) >= 11 is 0. The number of fused-ring (bicyclic) bond motifs is 1. The number of nitrogens with zero attached hydrogens (tertiary/aromatic N) is 1. The van der Waals surface area contributed by atoms with Gasteiger partial charge in [0.15, 0.2) is 0 Å². The summed E-state index contributed by atoms with van der Waals surface area (Å²) in [6.07, 6.45) is 1.49. The molecule has 1 unspecified atom stereocenters. The van der Waals surface area contributed by atoms with Crippen LogP contribution >= 0.6 is 0 Å². The molecule has 1 fully saturated rings. The van der Waals surface area contributed by atoms with Gasteiger partial charge in [-0.2, -0.15) is 0 Å². The van der Waals surface area contributed by atoms with Crippen LogP contribution in [-0.2, 0) is 10.0 Å². The quantitative estimate of drug-likeness (QED) is 0.936. The molecule has 2 aliphatic rings. The van der Waals surface area contributed by atoms with Crippen LogP contribution in [0.25, 0.3) is 0 Å². The number of sulfonamides is 1. The summed E-state index contributed by atoms with van der Waals surface area (Å²) in [5.74, 6) is 0.550. The Labute approximate surface area is 135 Å². The van der Waals surface area contributed by atoms with E-state index in [0.717, 1.165) is 12.8 Å². The van der Waals surface area contributed by atoms with Crippen molar-refractivity contribution in [3.8, 4) is 5.75 Å². The van der Waals surface area contributed by atoms with Gasteiger partial charge in [-0.3, -0.25) is 4.31 Å². The van der Waals surface area contributed by atoms with Crippen molar-refractivity contribution in [1.29, 1.82) is 0 Å². The van der Waals surface area contributed by atoms with Gasteiger partial charge in [0.2, 0.25) is 0 Å². The highest BCUT2D eigenvalue weighted by Gasteiger charge is 2.59. The van der Waals surface area contributed by atoms with E-state index in [0.29, 0.717) is 11.4 Å². The van der Waals surface area contributed by atoms with Crippen molar-refractivity contribution in [2.45, 2.75) is 29.4 Å². The summed E-state index contributed by atoms with van der Waals surface area (Å²) in [6.45, 7) is -0.277. The summed E-state index contributed by atoms with van der Waals surface area (Å²) in [7, 11) is -3.77. The number of aliphatic hydroxyl groups excluding tert-OH is 1. The molecule has 4 rings (SSSR count). The lowest BCUT2D eigenvalue weighted by molar-refractivity contribution is 0.100. The zero-order valence-corrected chi connectivity index (χ0v) is 13.2. The Kier molecular flexibility index (Phi) is 3.14. The second kappa shape index (κ2) is 4.97. The van der Waals surface area contributed by atoms with E-state index in [-0.39, 0.29) is 11.5 Å². The first-order chi connectivity index (χ1) is 11.1. The van der Waals surface area contributed by atoms with Crippen LogP contribution < -0.4 is 9.04 Å². The number of hydrogen-bond acceptors (Lipinski definition) is 4. The minimum Gasteiger partial charge on any atom is -0.483 e. The molecular weight excluding hydrogens is 314 g/mol. The summed E-state index contributed by atoms with van der Waals surface area (Å²) in [5.41, 5.74) is -0.127. The molecule has 23 heavy (non-hydrogen) atoms. The highest BCUT2D eigenvalue weighted by Crippen LogP contribution is 2.53. The van der Waals surface area contributed by atoms with Gasteiger partial charge in [0, 0.05) is 0 Å². The van der Waals surface area contributed by atoms with Gasteiger partial charge in [0.1, 0.15) is 17.4 Å². The fourth-order valence-corrected chi connectivity index (χ4v) is 4.93. The van der Waals surface area contributed by atoms with Gasteiger partial charge in [0.05, 0.1) is 17.2 Å². The molecular formula is C17H17NO4S. The molecule has 2 aromatic carbocycles. The third-order valence-corrected chi connectivity index (χ3v) is 6.36. The first-order valence-corrected chi connectivity index (χ1v) is 9.01. The highest BCUT2D eigenvalue weighted by atomic mass is 32.2. The molecule has 120 valence electrons. The second-order valence-corrected chi connectivity index (χ2v) is 7.76. The van der Waals surface area contributed by atoms with E-state index in [2.05, 4.69) is 0 Å². The molecule has 1 aliphatic carbocycles. The monoisotopic (exact) mass is 331 g/mol. The Bertz CT molecular complexity index is 831. The topological polar surface area (TPSA) is 66.8 Å². The molecule has 5 nitrogen and oxygen atoms in total. The van der Waals surface area contributed by atoms with E-state index < -0.39 is 21.7 Å². The molecule has 0 radical (unpaired) electrons. The largest absolute Gasteiger partial charge is 0.483 e. The molecule has 2 aromatic rings. The van der Waals surface area contributed by atoms with Crippen LogP contribution in [0.5, 0.6) is 5.75 Å². The number of aliphatic hydroxyl groups is 1. The van der Waals surface area contributed by atoms with Crippen molar-refractivity contribution in [2.24, 2.45) is 0 Å². The first-order valence-electron chi connectivity index (χ1n) is 7.57. The predicted octanol–water partition coefficient (Wildman–Crippen LogP) is 2.17. The minimum atomic E-state index is -3.77. The van der Waals surface area contributed by atoms with Crippen LogP contribution in [0.2, 0.25) is 0 Å². The summed E-state index contributed by atoms with van der Waals surface area (Å²) in [6, 6.07) is 14.8. The standard InChI is InChI=1S/C17H17NO4S/c19-12-16-17(10-11-17)22-15-9-5-4-8-14(15)18(16)23(20,21)13-6-2-1-3-7-13/h1-9,16,19H,10-12H2. The predicted molar refractivity (Wildman–Crippen MR) is 86.0 cm³/mol. The molecule has 1 heterocycles. The molecule has 0 aromatic heterocycles. The Morgan fingerprint density at radius 1 is 1.09 bits per heavy atom. The zero-order chi connectivity index (χ0) is 16.1. The number of ether oxygens (including phenoxy) is 1. The van der Waals surface area contributed by atoms with E-state index in [9.17, 15) is 13.5 Å². The van der Waals surface area contributed by atoms with E-state index in [1.807, 2.05) is 6.07 Å². The van der Waals surface area contributed by atoms with Crippen molar-refractivity contribution in [3.05, 3.63) is 54.6 Å². The smallest absolute Gasteiger partial charge is 0.264 e. The van der Waals surface area contributed by atoms with Gasteiger partial charge in [-0.05, 0) is 37.1 Å². The molecule has 1 saturated carbocycles. The lowest BCUT2D eigenvalue weighted by Crippen LogP contribution is -2.55. The third-order valence-electron chi connectivity index (χ3n) is 4.52. The Morgan fingerprint density at radius 3 is 2.39 bits per heavy atom. The van der Waals surface area contributed by atoms with Crippen molar-refractivity contribution in [2.75, 3.05) is 10.9 Å². The van der Waals surface area contributed by atoms with E-state index in [1.165, 1.54) is 4.31 Å². The van der Waals surface area contributed by atoms with Crippen molar-refractivity contribution in [1.82, 2.24) is 0 Å². The molecule has 1 N–H and O–H groups in total. The number of hydrogen-bond donors (Lipinski definition) is 1. The van der Waals surface area contributed by atoms with Crippen LogP contribution in [0.4, 0.5) is 5.69 Å². The van der Waals surface area contributed by atoms with E-state index >= 15 is 0 Å². The van der Waals surface area contributed by atoms with Crippen LogP contribution in [0.3, 0.4) is 0 Å². The van der Waals surface area contributed by atoms with Gasteiger partial charge < -0.3 is 9.84 Å². The minimum absolute atomic E-state index is 0.214. The van der Waals surface area contributed by atoms with Crippen LogP contribution in [0.15, 0.2) is 59.5 Å². The zero-order valence-electron chi connectivity index (χ0n) is 12.4. The lowest BCUT2D eigenvalue weighted by Gasteiger charge is -2.42. The average molecular weight is 331 g/mol. The first kappa shape index (κ1) is 14.5. The average Bonchev–Trinajstić information content (AvgIpc) is 3.34. The normalized spacial score (nSPS) is 21.6. The summed E-state index contributed by atoms with van der Waals surface area (Å²) in [5, 5.41) is 9.89. The maximum Gasteiger partial charge on any atom is 0.264 e.